The van der Waals surface area contributed by atoms with E-state index in [1.807, 2.05) is 19.0 Å². The third kappa shape index (κ3) is 4.35. The number of carbonyl (C=O) groups excluding carboxylic acids is 3. The highest BCUT2D eigenvalue weighted by molar-refractivity contribution is 6.48. The number of amides is 3. The number of nitrogens with two attached hydrogens (primary N) is 1. The molecule has 0 spiro atoms. The molecule has 0 fully saturated rings. The van der Waals surface area contributed by atoms with Crippen molar-refractivity contribution in [3.05, 3.63) is 48.5 Å². The van der Waals surface area contributed by atoms with Gasteiger partial charge in [-0.2, -0.15) is 0 Å². The third-order valence-electron chi connectivity index (χ3n) is 3.48. The smallest absolute Gasteiger partial charge is 0.323 e. The van der Waals surface area contributed by atoms with Gasteiger partial charge in [-0.1, -0.05) is 6.07 Å². The van der Waals surface area contributed by atoms with Crippen molar-refractivity contribution < 1.29 is 14.4 Å². The van der Waals surface area contributed by atoms with Crippen LogP contribution in [0, 0.1) is 0 Å². The van der Waals surface area contributed by atoms with Crippen molar-refractivity contribution in [2.45, 2.75) is 6.92 Å². The molecule has 3 amide bonds. The van der Waals surface area contributed by atoms with Crippen molar-refractivity contribution in [3.63, 3.8) is 0 Å². The van der Waals surface area contributed by atoms with E-state index >= 15 is 0 Å². The highest BCUT2D eigenvalue weighted by Crippen LogP contribution is 2.19. The average Bonchev–Trinajstić information content (AvgIpc) is 2.55. The van der Waals surface area contributed by atoms with Crippen molar-refractivity contribution in [2.24, 2.45) is 0 Å². The van der Waals surface area contributed by atoms with Crippen LogP contribution in [-0.2, 0) is 14.4 Å². The zero-order valence-electron chi connectivity index (χ0n) is 14.3. The summed E-state index contributed by atoms with van der Waals surface area (Å²) in [6.07, 6.45) is 0. The maximum atomic E-state index is 12.4. The van der Waals surface area contributed by atoms with Crippen molar-refractivity contribution in [3.8, 4) is 0 Å². The summed E-state index contributed by atoms with van der Waals surface area (Å²) in [5.74, 6) is -2.46. The molecular formula is C18H20N4O3. The molecule has 0 aliphatic carbocycles. The number of rotatable bonds is 3. The summed E-state index contributed by atoms with van der Waals surface area (Å²) in [5, 5.41) is 2.50. The van der Waals surface area contributed by atoms with Crippen LogP contribution in [0.1, 0.15) is 6.92 Å². The lowest BCUT2D eigenvalue weighted by molar-refractivity contribution is -0.136. The van der Waals surface area contributed by atoms with Gasteiger partial charge in [-0.25, -0.2) is 4.90 Å². The van der Waals surface area contributed by atoms with E-state index in [1.54, 1.807) is 36.4 Å². The number of nitrogen functional groups attached to an aromatic ring is 1. The number of hydrogen-bond donors (Lipinski definition) is 2. The van der Waals surface area contributed by atoms with Crippen LogP contribution >= 0.6 is 0 Å². The Labute approximate surface area is 146 Å². The molecule has 0 saturated heterocycles. The molecule has 25 heavy (non-hydrogen) atoms. The fraction of sp³-hybridized carbons (Fsp3) is 0.167. The molecule has 0 unspecified atom stereocenters. The Morgan fingerprint density at radius 2 is 1.60 bits per heavy atom. The van der Waals surface area contributed by atoms with Crippen LogP contribution in [0.15, 0.2) is 48.5 Å². The van der Waals surface area contributed by atoms with Gasteiger partial charge in [-0.15, -0.1) is 0 Å². The van der Waals surface area contributed by atoms with Crippen LogP contribution in [-0.4, -0.2) is 31.8 Å². The minimum atomic E-state index is -0.977. The van der Waals surface area contributed by atoms with E-state index < -0.39 is 17.7 Å². The first-order chi connectivity index (χ1) is 11.8. The molecule has 0 aliphatic rings. The van der Waals surface area contributed by atoms with Crippen LogP contribution in [0.5, 0.6) is 0 Å². The quantitative estimate of drug-likeness (QED) is 0.657. The summed E-state index contributed by atoms with van der Waals surface area (Å²) in [5.41, 5.74) is 7.72. The molecule has 7 heteroatoms. The monoisotopic (exact) mass is 340 g/mol. The molecule has 3 N–H and O–H groups in total. The van der Waals surface area contributed by atoms with E-state index in [4.69, 9.17) is 5.73 Å². The van der Waals surface area contributed by atoms with Crippen molar-refractivity contribution in [1.82, 2.24) is 0 Å². The number of nitrogens with zero attached hydrogens (tertiary/aromatic N) is 2. The SMILES string of the molecule is CC(=O)N(C(=O)C(=O)Nc1ccc(N(C)C)cc1)c1cccc(N)c1. The maximum Gasteiger partial charge on any atom is 0.323 e. The fourth-order valence-corrected chi connectivity index (χ4v) is 2.23. The van der Waals surface area contributed by atoms with Crippen LogP contribution in [0.25, 0.3) is 0 Å². The first kappa shape index (κ1) is 18.0. The molecule has 2 aromatic carbocycles. The number of hydrogen-bond acceptors (Lipinski definition) is 5. The Kier molecular flexibility index (Phi) is 5.38. The summed E-state index contributed by atoms with van der Waals surface area (Å²) in [6, 6.07) is 13.2. The highest BCUT2D eigenvalue weighted by atomic mass is 16.2. The molecule has 7 nitrogen and oxygen atoms in total. The summed E-state index contributed by atoms with van der Waals surface area (Å²) in [6.45, 7) is 1.21. The van der Waals surface area contributed by atoms with Crippen LogP contribution in [0.3, 0.4) is 0 Å². The Bertz CT molecular complexity index is 800. The number of anilines is 4. The van der Waals surface area contributed by atoms with Crippen LogP contribution < -0.4 is 20.9 Å². The number of carbonyl (C=O) groups is 3. The second-order valence-electron chi connectivity index (χ2n) is 5.65. The second-order valence-corrected chi connectivity index (χ2v) is 5.65. The Morgan fingerprint density at radius 3 is 2.12 bits per heavy atom. The van der Waals surface area contributed by atoms with Crippen molar-refractivity contribution >= 4 is 40.5 Å². The minimum absolute atomic E-state index is 0.246. The van der Waals surface area contributed by atoms with Crippen LogP contribution in [0.2, 0.25) is 0 Å². The third-order valence-corrected chi connectivity index (χ3v) is 3.48. The Balaban J connectivity index is 2.18. The summed E-state index contributed by atoms with van der Waals surface area (Å²) in [7, 11) is 3.79. The lowest BCUT2D eigenvalue weighted by Crippen LogP contribution is -2.42. The molecule has 0 aromatic heterocycles. The minimum Gasteiger partial charge on any atom is -0.399 e. The van der Waals surface area contributed by atoms with Gasteiger partial charge in [0.05, 0.1) is 5.69 Å². The number of nitrogens with one attached hydrogen (secondary N) is 1. The van der Waals surface area contributed by atoms with E-state index in [0.717, 1.165) is 10.6 Å². The average molecular weight is 340 g/mol. The van der Waals surface area contributed by atoms with Gasteiger partial charge in [0, 0.05) is 38.1 Å². The normalized spacial score (nSPS) is 10.0. The zero-order valence-corrected chi connectivity index (χ0v) is 14.3. The molecule has 2 aromatic rings. The predicted molar refractivity (Wildman–Crippen MR) is 98.4 cm³/mol. The first-order valence-electron chi connectivity index (χ1n) is 7.58. The van der Waals surface area contributed by atoms with Crippen LogP contribution in [0.4, 0.5) is 22.7 Å². The molecule has 0 bridgehead atoms. The van der Waals surface area contributed by atoms with E-state index in [9.17, 15) is 14.4 Å². The Morgan fingerprint density at radius 1 is 0.960 bits per heavy atom. The van der Waals surface area contributed by atoms with Gasteiger partial charge < -0.3 is 16.0 Å². The molecule has 0 saturated carbocycles. The number of benzene rings is 2. The molecule has 2 rings (SSSR count). The van der Waals surface area contributed by atoms with E-state index in [-0.39, 0.29) is 5.69 Å². The van der Waals surface area contributed by atoms with E-state index in [1.165, 1.54) is 19.1 Å². The molecule has 0 atom stereocenters. The van der Waals surface area contributed by atoms with Gasteiger partial charge in [-0.05, 0) is 42.5 Å². The first-order valence-corrected chi connectivity index (χ1v) is 7.58. The molecule has 130 valence electrons. The van der Waals surface area contributed by atoms with Gasteiger partial charge in [0.25, 0.3) is 0 Å². The fourth-order valence-electron chi connectivity index (χ4n) is 2.23. The molecule has 0 aliphatic heterocycles. The Hall–Kier alpha value is -3.35. The van der Waals surface area contributed by atoms with E-state index in [0.29, 0.717) is 11.4 Å². The summed E-state index contributed by atoms with van der Waals surface area (Å²) >= 11 is 0. The molecule has 0 radical (unpaired) electrons. The molecular weight excluding hydrogens is 320 g/mol. The number of imide groups is 1. The summed E-state index contributed by atoms with van der Waals surface area (Å²) < 4.78 is 0. The highest BCUT2D eigenvalue weighted by Gasteiger charge is 2.27. The largest absolute Gasteiger partial charge is 0.399 e. The van der Waals surface area contributed by atoms with Gasteiger partial charge >= 0.3 is 11.8 Å². The maximum absolute atomic E-state index is 12.4. The van der Waals surface area contributed by atoms with Gasteiger partial charge in [0.15, 0.2) is 0 Å². The summed E-state index contributed by atoms with van der Waals surface area (Å²) in [4.78, 5) is 39.2. The van der Waals surface area contributed by atoms with Gasteiger partial charge in [0.2, 0.25) is 5.91 Å². The lowest BCUT2D eigenvalue weighted by atomic mass is 10.2. The standard InChI is InChI=1S/C18H20N4O3/c1-12(23)22(16-6-4-5-13(19)11-16)18(25)17(24)20-14-7-9-15(10-8-14)21(2)3/h4-11H,19H2,1-3H3,(H,20,24). The zero-order chi connectivity index (χ0) is 18.6. The van der Waals surface area contributed by atoms with Crippen molar-refractivity contribution in [1.29, 1.82) is 0 Å². The van der Waals surface area contributed by atoms with E-state index in [2.05, 4.69) is 5.32 Å². The van der Waals surface area contributed by atoms with Crippen molar-refractivity contribution in [2.75, 3.05) is 34.9 Å². The predicted octanol–water partition coefficient (Wildman–Crippen LogP) is 1.85. The van der Waals surface area contributed by atoms with Gasteiger partial charge in [-0.3, -0.25) is 14.4 Å². The lowest BCUT2D eigenvalue weighted by Gasteiger charge is -2.19. The topological polar surface area (TPSA) is 95.7 Å². The second kappa shape index (κ2) is 7.48. The molecule has 0 heterocycles. The van der Waals surface area contributed by atoms with Gasteiger partial charge in [0.1, 0.15) is 0 Å².